The van der Waals surface area contributed by atoms with Crippen LogP contribution in [0.4, 0.5) is 0 Å². The zero-order chi connectivity index (χ0) is 20.8. The highest BCUT2D eigenvalue weighted by atomic mass is 127. The van der Waals surface area contributed by atoms with Gasteiger partial charge < -0.3 is 4.80 Å². The predicted molar refractivity (Wildman–Crippen MR) is 137 cm³/mol. The average molecular weight is 521 g/mol. The van der Waals surface area contributed by atoms with Gasteiger partial charge in [0.25, 0.3) is 8.32 Å². The zero-order valence-corrected chi connectivity index (χ0v) is 21.3. The lowest BCUT2D eigenvalue weighted by molar-refractivity contribution is 0.160. The third-order valence-electron chi connectivity index (χ3n) is 7.41. The summed E-state index contributed by atoms with van der Waals surface area (Å²) in [6.45, 7) is 4.62. The van der Waals surface area contributed by atoms with Crippen molar-refractivity contribution in [2.75, 3.05) is 4.43 Å². The summed E-state index contributed by atoms with van der Waals surface area (Å²) in [5, 5.41) is 2.15. The highest BCUT2D eigenvalue weighted by Gasteiger charge is 2.49. The molecule has 2 aromatic rings. The van der Waals surface area contributed by atoms with Crippen LogP contribution in [0.2, 0.25) is 5.04 Å². The maximum absolute atomic E-state index is 12.3. The van der Waals surface area contributed by atoms with Gasteiger partial charge in [-0.1, -0.05) is 123 Å². The van der Waals surface area contributed by atoms with Crippen LogP contribution >= 0.6 is 22.6 Å². The van der Waals surface area contributed by atoms with Gasteiger partial charge in [0.2, 0.25) is 0 Å². The van der Waals surface area contributed by atoms with E-state index in [0.717, 1.165) is 16.8 Å². The van der Waals surface area contributed by atoms with Gasteiger partial charge in [-0.15, -0.1) is 0 Å². The van der Waals surface area contributed by atoms with Crippen LogP contribution in [0.1, 0.15) is 71.6 Å². The summed E-state index contributed by atoms with van der Waals surface area (Å²) in [6, 6.07) is 20.9. The van der Waals surface area contributed by atoms with Gasteiger partial charge in [0.05, 0.1) is 0 Å². The quantitative estimate of drug-likeness (QED) is 0.229. The molecule has 0 unspecified atom stereocenters. The molecule has 1 N–H and O–H groups in total. The van der Waals surface area contributed by atoms with E-state index in [1.54, 1.807) is 0 Å². The Labute approximate surface area is 192 Å². The maximum atomic E-state index is 12.3. The third-order valence-corrected chi connectivity index (χ3v) is 12.5. The summed E-state index contributed by atoms with van der Waals surface area (Å²) in [4.78, 5) is 12.3. The summed E-state index contributed by atoms with van der Waals surface area (Å²) < 4.78 is 1.27. The van der Waals surface area contributed by atoms with Crippen molar-refractivity contribution in [1.29, 1.82) is 0 Å². The first-order chi connectivity index (χ1) is 13.9. The van der Waals surface area contributed by atoms with E-state index in [9.17, 15) is 4.80 Å². The first-order valence-corrected chi connectivity index (χ1v) is 14.8. The van der Waals surface area contributed by atoms with Gasteiger partial charge in [-0.2, -0.15) is 0 Å². The molecular weight excluding hydrogens is 483 g/mol. The minimum atomic E-state index is -2.86. The third kappa shape index (κ3) is 5.16. The van der Waals surface area contributed by atoms with Crippen molar-refractivity contribution >= 4 is 41.3 Å². The van der Waals surface area contributed by atoms with Crippen LogP contribution in [0.15, 0.2) is 60.7 Å². The fourth-order valence-electron chi connectivity index (χ4n) is 5.52. The first-order valence-electron chi connectivity index (χ1n) is 11.3. The van der Waals surface area contributed by atoms with Crippen LogP contribution in [0.3, 0.4) is 0 Å². The Kier molecular flexibility index (Phi) is 8.02. The molecule has 3 heteroatoms. The molecule has 0 saturated heterocycles. The summed E-state index contributed by atoms with van der Waals surface area (Å²) in [6.07, 6.45) is 12.1. The minimum Gasteiger partial charge on any atom is -0.424 e. The molecule has 0 bridgehead atoms. The lowest BCUT2D eigenvalue weighted by atomic mass is 9.69. The molecule has 0 heterocycles. The Bertz CT molecular complexity index is 693. The van der Waals surface area contributed by atoms with Crippen LogP contribution < -0.4 is 10.4 Å². The SMILES string of the molecule is CC(C)(CCCC1(CCI)CCCCC1)[Si](O)(c1ccccc1)c1ccccc1. The highest BCUT2D eigenvalue weighted by Crippen LogP contribution is 2.47. The molecule has 0 atom stereocenters. The molecule has 1 aliphatic carbocycles. The summed E-state index contributed by atoms with van der Waals surface area (Å²) in [5.74, 6) is 0. The van der Waals surface area contributed by atoms with Crippen molar-refractivity contribution in [3.63, 3.8) is 0 Å². The van der Waals surface area contributed by atoms with Gasteiger partial charge in [0.1, 0.15) is 0 Å². The van der Waals surface area contributed by atoms with Crippen molar-refractivity contribution in [1.82, 2.24) is 0 Å². The molecule has 1 aliphatic rings. The molecule has 29 heavy (non-hydrogen) atoms. The predicted octanol–water partition coefficient (Wildman–Crippen LogP) is 6.46. The normalized spacial score (nSPS) is 17.2. The topological polar surface area (TPSA) is 20.2 Å². The summed E-state index contributed by atoms with van der Waals surface area (Å²) in [7, 11) is -2.86. The number of hydrogen-bond donors (Lipinski definition) is 1. The Morgan fingerprint density at radius 1 is 0.862 bits per heavy atom. The molecule has 0 spiro atoms. The van der Waals surface area contributed by atoms with Gasteiger partial charge >= 0.3 is 0 Å². The molecule has 3 rings (SSSR count). The second-order valence-electron chi connectivity index (χ2n) is 9.68. The summed E-state index contributed by atoms with van der Waals surface area (Å²) >= 11 is 2.56. The maximum Gasteiger partial charge on any atom is 0.258 e. The van der Waals surface area contributed by atoms with E-state index in [0.29, 0.717) is 5.41 Å². The standard InChI is InChI=1S/C26H37IOSi/c1-25(2,17-12-20-26(21-22-27)18-10-5-11-19-26)29(28,23-13-6-3-7-14-23)24-15-8-4-9-16-24/h3-4,6-9,13-16,28H,5,10-12,17-22H2,1-2H3. The van der Waals surface area contributed by atoms with Gasteiger partial charge in [-0.05, 0) is 52.9 Å². The van der Waals surface area contributed by atoms with Crippen LogP contribution in [0, 0.1) is 5.41 Å². The highest BCUT2D eigenvalue weighted by molar-refractivity contribution is 14.1. The molecule has 0 amide bonds. The Morgan fingerprint density at radius 2 is 1.38 bits per heavy atom. The van der Waals surface area contributed by atoms with Crippen molar-refractivity contribution in [2.24, 2.45) is 5.41 Å². The molecule has 1 nitrogen and oxygen atoms in total. The Morgan fingerprint density at radius 3 is 1.86 bits per heavy atom. The molecular formula is C26H37IOSi. The monoisotopic (exact) mass is 520 g/mol. The van der Waals surface area contributed by atoms with Crippen molar-refractivity contribution in [3.8, 4) is 0 Å². The number of alkyl halides is 1. The number of rotatable bonds is 9. The van der Waals surface area contributed by atoms with Crippen molar-refractivity contribution in [2.45, 2.75) is 76.7 Å². The van der Waals surface area contributed by atoms with Gasteiger partial charge in [-0.3, -0.25) is 0 Å². The second-order valence-corrected chi connectivity index (χ2v) is 14.7. The van der Waals surface area contributed by atoms with E-state index in [4.69, 9.17) is 0 Å². The van der Waals surface area contributed by atoms with E-state index >= 15 is 0 Å². The van der Waals surface area contributed by atoms with Crippen LogP contribution in [-0.2, 0) is 0 Å². The van der Waals surface area contributed by atoms with Crippen LogP contribution in [-0.4, -0.2) is 17.5 Å². The molecule has 1 fully saturated rings. The number of benzene rings is 2. The lowest BCUT2D eigenvalue weighted by Gasteiger charge is -2.43. The average Bonchev–Trinajstić information content (AvgIpc) is 2.75. The van der Waals surface area contributed by atoms with E-state index in [-0.39, 0.29) is 5.04 Å². The minimum absolute atomic E-state index is 0.115. The number of halogens is 1. The largest absolute Gasteiger partial charge is 0.424 e. The molecule has 158 valence electrons. The molecule has 0 radical (unpaired) electrons. The van der Waals surface area contributed by atoms with Crippen LogP contribution in [0.5, 0.6) is 0 Å². The van der Waals surface area contributed by atoms with E-state index in [1.165, 1.54) is 55.8 Å². The number of hydrogen-bond acceptors (Lipinski definition) is 1. The van der Waals surface area contributed by atoms with Gasteiger partial charge in [0, 0.05) is 4.43 Å². The molecule has 0 aliphatic heterocycles. The van der Waals surface area contributed by atoms with Crippen LogP contribution in [0.25, 0.3) is 0 Å². The van der Waals surface area contributed by atoms with Gasteiger partial charge in [-0.25, -0.2) is 0 Å². The van der Waals surface area contributed by atoms with E-state index in [1.807, 2.05) is 12.1 Å². The zero-order valence-electron chi connectivity index (χ0n) is 18.2. The van der Waals surface area contributed by atoms with E-state index < -0.39 is 8.32 Å². The molecule has 0 aromatic heterocycles. The first kappa shape index (κ1) is 23.0. The Hall–Kier alpha value is -0.653. The van der Waals surface area contributed by atoms with E-state index in [2.05, 4.69) is 85.0 Å². The second kappa shape index (κ2) is 10.1. The smallest absolute Gasteiger partial charge is 0.258 e. The molecule has 1 saturated carbocycles. The van der Waals surface area contributed by atoms with Crippen molar-refractivity contribution < 1.29 is 4.80 Å². The lowest BCUT2D eigenvalue weighted by Crippen LogP contribution is -2.65. The fraction of sp³-hybridized carbons (Fsp3) is 0.538. The summed E-state index contributed by atoms with van der Waals surface area (Å²) in [5.41, 5.74) is 0.564. The fourth-order valence-corrected chi connectivity index (χ4v) is 10.4. The molecule has 2 aromatic carbocycles. The van der Waals surface area contributed by atoms with Crippen molar-refractivity contribution in [3.05, 3.63) is 60.7 Å². The van der Waals surface area contributed by atoms with Gasteiger partial charge in [0.15, 0.2) is 0 Å². The Balaban J connectivity index is 1.82.